The molecule has 0 heterocycles. The zero-order valence-corrected chi connectivity index (χ0v) is 7.47. The Morgan fingerprint density at radius 2 is 2.00 bits per heavy atom. The molecule has 0 spiro atoms. The van der Waals surface area contributed by atoms with E-state index in [0.717, 1.165) is 0 Å². The minimum atomic E-state index is -5.64. The molecule has 0 fully saturated rings. The van der Waals surface area contributed by atoms with Crippen molar-refractivity contribution in [1.29, 1.82) is 0 Å². The van der Waals surface area contributed by atoms with Crippen LogP contribution in [-0.2, 0) is 3.17 Å². The summed E-state index contributed by atoms with van der Waals surface area (Å²) in [6, 6.07) is 0. The van der Waals surface area contributed by atoms with E-state index in [1.54, 1.807) is 5.59 Å². The van der Waals surface area contributed by atoms with Crippen LogP contribution in [-0.4, -0.2) is 5.11 Å². The van der Waals surface area contributed by atoms with Gasteiger partial charge < -0.3 is 5.73 Å². The van der Waals surface area contributed by atoms with Crippen molar-refractivity contribution >= 4 is 17.3 Å². The molecule has 0 unspecified atom stereocenters. The van der Waals surface area contributed by atoms with Gasteiger partial charge in [-0.25, -0.2) is 0 Å². The van der Waals surface area contributed by atoms with Crippen molar-refractivity contribution in [1.82, 2.24) is 11.0 Å². The van der Waals surface area contributed by atoms with Gasteiger partial charge in [0, 0.05) is 5.59 Å². The molecule has 60 valence electrons. The number of hydrogen-bond acceptors (Lipinski definition) is 6. The lowest BCUT2D eigenvalue weighted by Gasteiger charge is -2.04. The molecule has 0 atom stereocenters. The van der Waals surface area contributed by atoms with Gasteiger partial charge in [-0.1, -0.05) is 0 Å². The Bertz CT molecular complexity index is 124. The standard InChI is InChI=1S/CH4IN3O4S/c3-1(10)4-5-9-2(6,7)8/h5H,(H3,3,4,10). The third-order valence-corrected chi connectivity index (χ3v) is 1.17. The van der Waals surface area contributed by atoms with Crippen molar-refractivity contribution < 1.29 is 33.6 Å². The Labute approximate surface area is 67.8 Å². The molecule has 7 nitrogen and oxygen atoms in total. The highest BCUT2D eigenvalue weighted by molar-refractivity contribution is 7.80. The molecule has 0 aliphatic heterocycles. The summed E-state index contributed by atoms with van der Waals surface area (Å²) in [6.07, 6.45) is 0. The van der Waals surface area contributed by atoms with E-state index >= 15 is 0 Å². The maximum atomic E-state index is 9.75. The minimum Gasteiger partial charge on any atom is -0.375 e. The fourth-order valence-corrected chi connectivity index (χ4v) is 0.538. The van der Waals surface area contributed by atoms with Gasteiger partial charge in [0.15, 0.2) is 8.28 Å². The van der Waals surface area contributed by atoms with E-state index in [0.29, 0.717) is 0 Å². The van der Waals surface area contributed by atoms with E-state index in [9.17, 15) is 10.3 Å². The monoisotopic (exact) mass is 281 g/mol. The van der Waals surface area contributed by atoms with Crippen LogP contribution in [0.2, 0.25) is 0 Å². The third kappa shape index (κ3) is 8.22. The summed E-state index contributed by atoms with van der Waals surface area (Å²) < 4.78 is 32.8. The summed E-state index contributed by atoms with van der Waals surface area (Å²) in [5.74, 6) is 0. The number of hydrazine groups is 1. The Kier molecular flexibility index (Phi) is 4.26. The summed E-state index contributed by atoms with van der Waals surface area (Å²) in [6.45, 7) is 0. The SMILES string of the molecule is NC(=S)NNO[I+3]([O-])([O-])[O-]. The maximum Gasteiger partial charge on any atom is 0.405 e. The molecule has 9 heteroatoms. The molecule has 0 rings (SSSR count). The van der Waals surface area contributed by atoms with Crippen LogP contribution < -0.4 is 47.1 Å². The van der Waals surface area contributed by atoms with E-state index in [4.69, 9.17) is 5.73 Å². The average Bonchev–Trinajstić information content (AvgIpc) is 1.59. The lowest BCUT2D eigenvalue weighted by atomic mass is 11.2. The van der Waals surface area contributed by atoms with Gasteiger partial charge in [0.05, 0.1) is 0 Å². The van der Waals surface area contributed by atoms with Crippen LogP contribution >= 0.6 is 12.2 Å². The van der Waals surface area contributed by atoms with E-state index in [-0.39, 0.29) is 5.11 Å². The molecule has 0 aromatic carbocycles. The zero-order valence-electron chi connectivity index (χ0n) is 4.50. The first-order valence-corrected chi connectivity index (χ1v) is 5.75. The molecule has 0 radical (unpaired) electrons. The second-order valence-electron chi connectivity index (χ2n) is 1.05. The number of thiocarbonyl (C=S) groups is 1. The van der Waals surface area contributed by atoms with Gasteiger partial charge in [0.25, 0.3) is 0 Å². The average molecular weight is 281 g/mol. The molecule has 0 amide bonds. The van der Waals surface area contributed by atoms with Gasteiger partial charge in [-0.05, 0) is 12.2 Å². The lowest BCUT2D eigenvalue weighted by molar-refractivity contribution is -1.92. The second kappa shape index (κ2) is 4.17. The predicted octanol–water partition coefficient (Wildman–Crippen LogP) is -7.84. The molecule has 0 aromatic rings. The Morgan fingerprint density at radius 3 is 2.30 bits per heavy atom. The Hall–Kier alpha value is 0.220. The molecular formula is CH4IN3O4S. The normalized spacial score (nSPS) is 11.1. The number of nitrogens with two attached hydrogens (primary N) is 1. The maximum absolute atomic E-state index is 9.75. The Balaban J connectivity index is 3.29. The molecule has 4 N–H and O–H groups in total. The topological polar surface area (TPSA) is 128 Å². The fraction of sp³-hybridized carbons (Fsp3) is 0. The Morgan fingerprint density at radius 1 is 1.50 bits per heavy atom. The number of hydrogen-bond donors (Lipinski definition) is 3. The highest BCUT2D eigenvalue weighted by Gasteiger charge is 2.26. The molecule has 0 bridgehead atoms. The van der Waals surface area contributed by atoms with Crippen LogP contribution in [0.15, 0.2) is 0 Å². The second-order valence-corrected chi connectivity index (χ2v) is 4.08. The van der Waals surface area contributed by atoms with Crippen LogP contribution in [0.3, 0.4) is 0 Å². The van der Waals surface area contributed by atoms with Gasteiger partial charge in [-0.2, -0.15) is 0 Å². The molecule has 0 aliphatic rings. The van der Waals surface area contributed by atoms with Crippen molar-refractivity contribution in [3.05, 3.63) is 0 Å². The summed E-state index contributed by atoms with van der Waals surface area (Å²) in [7, 11) is 0. The summed E-state index contributed by atoms with van der Waals surface area (Å²) in [5.41, 5.74) is 8.25. The molecule has 0 aromatic heterocycles. The number of nitrogens with one attached hydrogen (secondary N) is 2. The highest BCUT2D eigenvalue weighted by Crippen LogP contribution is 1.46. The van der Waals surface area contributed by atoms with Crippen LogP contribution in [0.25, 0.3) is 0 Å². The van der Waals surface area contributed by atoms with E-state index in [1.165, 1.54) is 0 Å². The first kappa shape index (κ1) is 10.2. The highest BCUT2D eigenvalue weighted by atomic mass is 127. The summed E-state index contributed by atoms with van der Waals surface area (Å²) in [5, 5.41) is -0.231. The molecule has 0 saturated heterocycles. The van der Waals surface area contributed by atoms with Crippen molar-refractivity contribution in [2.75, 3.05) is 0 Å². The smallest absolute Gasteiger partial charge is 0.375 e. The fourth-order valence-electron chi connectivity index (χ4n) is 0.117. The number of rotatable bonds is 3. The van der Waals surface area contributed by atoms with Crippen molar-refractivity contribution in [2.45, 2.75) is 0 Å². The molecule has 0 saturated carbocycles. The molecule has 0 aliphatic carbocycles. The van der Waals surface area contributed by atoms with Crippen LogP contribution in [0, 0.1) is 0 Å². The van der Waals surface area contributed by atoms with Gasteiger partial charge in [0.1, 0.15) is 0 Å². The van der Waals surface area contributed by atoms with E-state index in [2.05, 4.69) is 15.4 Å². The number of halogens is 1. The largest absolute Gasteiger partial charge is 0.405 e. The molecule has 10 heavy (non-hydrogen) atoms. The predicted molar refractivity (Wildman–Crippen MR) is 24.1 cm³/mol. The summed E-state index contributed by atoms with van der Waals surface area (Å²) in [4.78, 5) is 0. The van der Waals surface area contributed by atoms with Crippen molar-refractivity contribution in [3.8, 4) is 0 Å². The van der Waals surface area contributed by atoms with Gasteiger partial charge in [-0.15, -0.1) is 0 Å². The first-order chi connectivity index (χ1) is 4.42. The molecular weight excluding hydrogens is 277 g/mol. The lowest BCUT2D eigenvalue weighted by Crippen LogP contribution is -4.24. The van der Waals surface area contributed by atoms with Crippen LogP contribution in [0.4, 0.5) is 0 Å². The minimum absolute atomic E-state index is 0.231. The van der Waals surface area contributed by atoms with Crippen LogP contribution in [0.5, 0.6) is 0 Å². The quantitative estimate of drug-likeness (QED) is 0.264. The summed E-state index contributed by atoms with van der Waals surface area (Å²) >= 11 is -1.41. The van der Waals surface area contributed by atoms with Crippen molar-refractivity contribution in [3.63, 3.8) is 0 Å². The van der Waals surface area contributed by atoms with Gasteiger partial charge in [0.2, 0.25) is 0 Å². The zero-order chi connectivity index (χ0) is 8.20. The third-order valence-electron chi connectivity index (χ3n) is 0.307. The van der Waals surface area contributed by atoms with E-state index in [1.807, 2.05) is 5.43 Å². The van der Waals surface area contributed by atoms with Gasteiger partial charge in [-0.3, -0.25) is 15.7 Å². The van der Waals surface area contributed by atoms with E-state index < -0.39 is 20.1 Å². The first-order valence-electron chi connectivity index (χ1n) is 1.81. The van der Waals surface area contributed by atoms with Crippen molar-refractivity contribution in [2.24, 2.45) is 5.73 Å². The van der Waals surface area contributed by atoms with Gasteiger partial charge >= 0.3 is 20.1 Å². The van der Waals surface area contributed by atoms with Crippen LogP contribution in [0.1, 0.15) is 0 Å².